The molecule has 0 fully saturated rings. The topological polar surface area (TPSA) is 111 Å². The molecule has 0 saturated heterocycles. The van der Waals surface area contributed by atoms with Crippen LogP contribution in [0.1, 0.15) is 16.8 Å². The Balaban J connectivity index is 1.73. The summed E-state index contributed by atoms with van der Waals surface area (Å²) in [5, 5.41) is 5.29. The lowest BCUT2D eigenvalue weighted by atomic mass is 10.1. The van der Waals surface area contributed by atoms with Crippen molar-refractivity contribution in [3.63, 3.8) is 0 Å². The average Bonchev–Trinajstić information content (AvgIpc) is 3.12. The number of rotatable bonds is 7. The number of carbonyl (C=O) groups excluding carboxylic acids is 2. The summed E-state index contributed by atoms with van der Waals surface area (Å²) in [6, 6.07) is 12.3. The van der Waals surface area contributed by atoms with Gasteiger partial charge in [-0.3, -0.25) is 9.59 Å². The lowest BCUT2D eigenvalue weighted by Crippen LogP contribution is -2.44. The summed E-state index contributed by atoms with van der Waals surface area (Å²) in [6.45, 7) is 0.108. The van der Waals surface area contributed by atoms with E-state index in [9.17, 15) is 18.0 Å². The largest absolute Gasteiger partial charge is 0.454 e. The molecule has 28 heavy (non-hydrogen) atoms. The van der Waals surface area contributed by atoms with Gasteiger partial charge in [0.25, 0.3) is 5.91 Å². The molecule has 148 valence electrons. The third-order valence-electron chi connectivity index (χ3n) is 4.08. The predicted octanol–water partition coefficient (Wildman–Crippen LogP) is 1.59. The molecular weight excluding hydrogens is 384 g/mol. The van der Waals surface area contributed by atoms with Crippen LogP contribution in [0.2, 0.25) is 0 Å². The van der Waals surface area contributed by atoms with Gasteiger partial charge < -0.3 is 20.1 Å². The number of benzene rings is 2. The van der Waals surface area contributed by atoms with Crippen LogP contribution >= 0.6 is 0 Å². The van der Waals surface area contributed by atoms with Crippen LogP contribution in [0.15, 0.2) is 48.5 Å². The van der Waals surface area contributed by atoms with Crippen LogP contribution in [-0.4, -0.2) is 45.1 Å². The van der Waals surface area contributed by atoms with Gasteiger partial charge in [-0.1, -0.05) is 18.2 Å². The predicted molar refractivity (Wildman–Crippen MR) is 103 cm³/mol. The zero-order chi connectivity index (χ0) is 20.1. The molecule has 2 amide bonds. The van der Waals surface area contributed by atoms with E-state index in [0.717, 1.165) is 6.26 Å². The van der Waals surface area contributed by atoms with E-state index < -0.39 is 27.7 Å². The van der Waals surface area contributed by atoms with Crippen LogP contribution < -0.4 is 20.1 Å². The van der Waals surface area contributed by atoms with Gasteiger partial charge in [0.15, 0.2) is 11.5 Å². The van der Waals surface area contributed by atoms with Crippen molar-refractivity contribution in [3.05, 3.63) is 54.1 Å². The molecule has 8 nitrogen and oxygen atoms in total. The number of hydrogen-bond donors (Lipinski definition) is 2. The Hall–Kier alpha value is -3.07. The number of fused-ring (bicyclic) bond motifs is 1. The van der Waals surface area contributed by atoms with E-state index in [1.165, 1.54) is 0 Å². The highest BCUT2D eigenvalue weighted by Gasteiger charge is 2.24. The highest BCUT2D eigenvalue weighted by molar-refractivity contribution is 7.90. The summed E-state index contributed by atoms with van der Waals surface area (Å²) in [5.74, 6) is -0.143. The third-order valence-corrected chi connectivity index (χ3v) is 5.05. The standard InChI is InChI=1S/C19H20N2O6S/c1-28(24,25)10-9-15(21-18(22)13-5-3-2-4-6-13)19(23)20-14-7-8-16-17(11-14)27-12-26-16/h2-8,11,15H,9-10,12H2,1H3,(H,20,23)(H,21,22)/t15-/m1/s1. The normalized spacial score (nSPS) is 13.6. The van der Waals surface area contributed by atoms with E-state index in [4.69, 9.17) is 9.47 Å². The monoisotopic (exact) mass is 404 g/mol. The summed E-state index contributed by atoms with van der Waals surface area (Å²) in [7, 11) is -3.30. The van der Waals surface area contributed by atoms with Crippen molar-refractivity contribution in [2.45, 2.75) is 12.5 Å². The molecule has 2 aromatic carbocycles. The Kier molecular flexibility index (Phi) is 5.84. The minimum absolute atomic E-state index is 0.0478. The third kappa shape index (κ3) is 5.23. The first-order valence-electron chi connectivity index (χ1n) is 8.56. The molecule has 2 N–H and O–H groups in total. The molecule has 1 aliphatic rings. The maximum absolute atomic E-state index is 12.7. The van der Waals surface area contributed by atoms with Crippen LogP contribution in [0.4, 0.5) is 5.69 Å². The lowest BCUT2D eigenvalue weighted by Gasteiger charge is -2.18. The summed E-state index contributed by atoms with van der Waals surface area (Å²) in [6.07, 6.45) is 1.03. The number of hydrogen-bond acceptors (Lipinski definition) is 6. The maximum Gasteiger partial charge on any atom is 0.251 e. The summed E-state index contributed by atoms with van der Waals surface area (Å²) in [5.41, 5.74) is 0.829. The fourth-order valence-electron chi connectivity index (χ4n) is 2.64. The number of carbonyl (C=O) groups is 2. The second-order valence-electron chi connectivity index (χ2n) is 6.37. The lowest BCUT2D eigenvalue weighted by molar-refractivity contribution is -0.118. The van der Waals surface area contributed by atoms with Gasteiger partial charge in [-0.05, 0) is 30.7 Å². The molecule has 0 radical (unpaired) electrons. The van der Waals surface area contributed by atoms with Crippen molar-refractivity contribution in [1.82, 2.24) is 5.32 Å². The Morgan fingerprint density at radius 1 is 1.07 bits per heavy atom. The van der Waals surface area contributed by atoms with Crippen molar-refractivity contribution in [1.29, 1.82) is 0 Å². The van der Waals surface area contributed by atoms with E-state index >= 15 is 0 Å². The molecule has 3 rings (SSSR count). The van der Waals surface area contributed by atoms with Crippen LogP contribution in [0, 0.1) is 0 Å². The van der Waals surface area contributed by atoms with Crippen molar-refractivity contribution < 1.29 is 27.5 Å². The fourth-order valence-corrected chi connectivity index (χ4v) is 3.30. The van der Waals surface area contributed by atoms with Gasteiger partial charge in [-0.2, -0.15) is 0 Å². The molecule has 0 saturated carbocycles. The Labute approximate surface area is 162 Å². The number of sulfone groups is 1. The minimum Gasteiger partial charge on any atom is -0.454 e. The molecule has 1 heterocycles. The molecule has 2 aromatic rings. The highest BCUT2D eigenvalue weighted by atomic mass is 32.2. The van der Waals surface area contributed by atoms with Crippen LogP contribution in [-0.2, 0) is 14.6 Å². The van der Waals surface area contributed by atoms with Gasteiger partial charge in [0.2, 0.25) is 12.7 Å². The summed E-state index contributed by atoms with van der Waals surface area (Å²) >= 11 is 0. The van der Waals surface area contributed by atoms with Gasteiger partial charge in [0, 0.05) is 23.6 Å². The fraction of sp³-hybridized carbons (Fsp3) is 0.263. The number of anilines is 1. The van der Waals surface area contributed by atoms with E-state index in [0.29, 0.717) is 22.7 Å². The first-order chi connectivity index (χ1) is 13.3. The second kappa shape index (κ2) is 8.30. The molecule has 0 aromatic heterocycles. The quantitative estimate of drug-likeness (QED) is 0.725. The molecule has 0 aliphatic carbocycles. The SMILES string of the molecule is CS(=O)(=O)CC[C@@H](NC(=O)c1ccccc1)C(=O)Nc1ccc2c(c1)OCO2. The number of amides is 2. The molecule has 0 bridgehead atoms. The van der Waals surface area contributed by atoms with Gasteiger partial charge in [-0.15, -0.1) is 0 Å². The first-order valence-corrected chi connectivity index (χ1v) is 10.6. The summed E-state index contributed by atoms with van der Waals surface area (Å²) in [4.78, 5) is 25.1. The van der Waals surface area contributed by atoms with E-state index in [-0.39, 0.29) is 19.0 Å². The van der Waals surface area contributed by atoms with Crippen molar-refractivity contribution in [2.75, 3.05) is 24.1 Å². The first kappa shape index (κ1) is 19.7. The Bertz CT molecular complexity index is 975. The van der Waals surface area contributed by atoms with Gasteiger partial charge in [0.05, 0.1) is 5.75 Å². The highest BCUT2D eigenvalue weighted by Crippen LogP contribution is 2.34. The van der Waals surface area contributed by atoms with Crippen molar-refractivity contribution in [3.8, 4) is 11.5 Å². The molecule has 0 unspecified atom stereocenters. The van der Waals surface area contributed by atoms with Crippen molar-refractivity contribution >= 4 is 27.3 Å². The number of ether oxygens (including phenoxy) is 2. The molecule has 1 aliphatic heterocycles. The average molecular weight is 404 g/mol. The zero-order valence-corrected chi connectivity index (χ0v) is 16.0. The van der Waals surface area contributed by atoms with Crippen LogP contribution in [0.3, 0.4) is 0 Å². The van der Waals surface area contributed by atoms with Gasteiger partial charge in [0.1, 0.15) is 15.9 Å². The zero-order valence-electron chi connectivity index (χ0n) is 15.2. The molecular formula is C19H20N2O6S. The molecule has 1 atom stereocenters. The van der Waals surface area contributed by atoms with Crippen LogP contribution in [0.25, 0.3) is 0 Å². The smallest absolute Gasteiger partial charge is 0.251 e. The van der Waals surface area contributed by atoms with E-state index in [2.05, 4.69) is 10.6 Å². The number of nitrogens with one attached hydrogen (secondary N) is 2. The minimum atomic E-state index is -3.30. The summed E-state index contributed by atoms with van der Waals surface area (Å²) < 4.78 is 33.5. The maximum atomic E-state index is 12.7. The Morgan fingerprint density at radius 2 is 1.79 bits per heavy atom. The molecule has 0 spiro atoms. The molecule has 9 heteroatoms. The van der Waals surface area contributed by atoms with E-state index in [1.807, 2.05) is 0 Å². The van der Waals surface area contributed by atoms with Crippen molar-refractivity contribution in [2.24, 2.45) is 0 Å². The second-order valence-corrected chi connectivity index (χ2v) is 8.63. The van der Waals surface area contributed by atoms with Crippen LogP contribution in [0.5, 0.6) is 11.5 Å². The van der Waals surface area contributed by atoms with E-state index in [1.54, 1.807) is 48.5 Å². The van der Waals surface area contributed by atoms with Gasteiger partial charge >= 0.3 is 0 Å². The van der Waals surface area contributed by atoms with Gasteiger partial charge in [-0.25, -0.2) is 8.42 Å². The Morgan fingerprint density at radius 3 is 2.50 bits per heavy atom.